The number of hydrogen-bond donors (Lipinski definition) is 4. The molecule has 3 unspecified atom stereocenters. The molecule has 14 rings (SSSR count). The number of nitrogens with two attached hydrogens (primary N) is 1. The average Bonchev–Trinajstić information content (AvgIpc) is 4.20. The van der Waals surface area contributed by atoms with Crippen molar-refractivity contribution in [1.82, 2.24) is 0 Å². The number of carbonyl (C=O) groups is 1. The van der Waals surface area contributed by atoms with E-state index in [0.29, 0.717) is 83.5 Å². The molecule has 28 atom stereocenters. The number of esters is 1. The molecule has 14 fully saturated rings. The smallest absolute Gasteiger partial charge is 0.308 e. The van der Waals surface area contributed by atoms with Crippen molar-refractivity contribution in [3.8, 4) is 0 Å². The lowest BCUT2D eigenvalue weighted by Crippen LogP contribution is -2.65. The van der Waals surface area contributed by atoms with Crippen LogP contribution in [0.25, 0.3) is 0 Å². The Morgan fingerprint density at radius 3 is 2.13 bits per heavy atom. The number of hydrogen-bond acceptors (Lipinski definition) is 19. The Bertz CT molecular complexity index is 2240. The lowest BCUT2D eigenvalue weighted by atomic mass is 9.81. The molecule has 424 valence electrons. The van der Waals surface area contributed by atoms with Gasteiger partial charge in [0, 0.05) is 64.3 Å². The summed E-state index contributed by atoms with van der Waals surface area (Å²) in [6.45, 7) is 13.7. The van der Waals surface area contributed by atoms with Gasteiger partial charge in [0.05, 0.1) is 121 Å². The van der Waals surface area contributed by atoms with Gasteiger partial charge < -0.3 is 87.4 Å². The number of fused-ring (bicyclic) bond motifs is 13. The van der Waals surface area contributed by atoms with Crippen molar-refractivity contribution in [3.63, 3.8) is 0 Å². The highest BCUT2D eigenvalue weighted by Crippen LogP contribution is 2.56. The Labute approximate surface area is 458 Å². The van der Waals surface area contributed by atoms with Crippen molar-refractivity contribution in [2.45, 2.75) is 297 Å². The van der Waals surface area contributed by atoms with Crippen LogP contribution in [0.1, 0.15) is 136 Å². The third-order valence-electron chi connectivity index (χ3n) is 20.4. The van der Waals surface area contributed by atoms with Gasteiger partial charge in [-0.3, -0.25) is 4.79 Å². The van der Waals surface area contributed by atoms with Crippen LogP contribution >= 0.6 is 22.6 Å². The third-order valence-corrected chi connectivity index (χ3v) is 21.8. The van der Waals surface area contributed by atoms with Gasteiger partial charge in [-0.2, -0.15) is 0 Å². The minimum Gasteiger partial charge on any atom is -0.459 e. The fourth-order valence-electron chi connectivity index (χ4n) is 16.7. The second-order valence-corrected chi connectivity index (χ2v) is 27.2. The predicted molar refractivity (Wildman–Crippen MR) is 272 cm³/mol. The molecule has 0 amide bonds. The Morgan fingerprint density at radius 2 is 1.29 bits per heavy atom. The molecule has 14 aliphatic rings. The normalized spacial score (nSPS) is 56.6. The fourth-order valence-corrected chi connectivity index (χ4v) is 17.8. The average molecular weight is 1180 g/mol. The SMILES string of the molecule is C=C1C[C@@H]2CC[C@]34CC(O)(O)C(O3)[C@@H]3O[C@H]5CC[C@H](CC(=O)O[C@@H]6CC7OC8C[C@]9(C[C@@H]%10O[C@@]%11(CC[C@@H]%10O9)C[C@H](C)[C@@H]9O[C@H](CN)[C@H](O)C[C@@H]9O%11)O[C@@H]8C[C@@H]7O[C@H]6C[C@H]6O[C@@H](CC[C@@H]1O2)C[C@@H](C)C6=C)O[C@@H]5[C@H](O4)[C@@H]3I. The lowest BCUT2D eigenvalue weighted by molar-refractivity contribution is -0.364. The summed E-state index contributed by atoms with van der Waals surface area (Å²) in [5.74, 6) is -5.15. The Kier molecular flexibility index (Phi) is 13.8. The maximum Gasteiger partial charge on any atom is 0.308 e. The Morgan fingerprint density at radius 1 is 0.579 bits per heavy atom. The van der Waals surface area contributed by atoms with E-state index in [1.54, 1.807) is 0 Å². The second-order valence-electron chi connectivity index (χ2n) is 25.8. The molecule has 20 heteroatoms. The summed E-state index contributed by atoms with van der Waals surface area (Å²) in [6, 6.07) is 0. The van der Waals surface area contributed by atoms with E-state index in [-0.39, 0.29) is 120 Å². The van der Waals surface area contributed by atoms with E-state index >= 15 is 0 Å². The van der Waals surface area contributed by atoms with E-state index < -0.39 is 78.1 Å². The zero-order valence-corrected chi connectivity index (χ0v) is 46.1. The largest absolute Gasteiger partial charge is 0.459 e. The molecular formula is C56H80INO18. The highest BCUT2D eigenvalue weighted by molar-refractivity contribution is 14.1. The van der Waals surface area contributed by atoms with Crippen LogP contribution < -0.4 is 5.73 Å². The van der Waals surface area contributed by atoms with E-state index in [4.69, 9.17) is 72.0 Å². The maximum absolute atomic E-state index is 14.4. The number of ether oxygens (including phenoxy) is 14. The molecule has 0 aliphatic carbocycles. The van der Waals surface area contributed by atoms with Crippen LogP contribution in [0.4, 0.5) is 0 Å². The van der Waals surface area contributed by atoms with Gasteiger partial charge in [-0.25, -0.2) is 0 Å². The van der Waals surface area contributed by atoms with Gasteiger partial charge >= 0.3 is 5.97 Å². The van der Waals surface area contributed by atoms with Crippen molar-refractivity contribution < 1.29 is 86.4 Å². The quantitative estimate of drug-likeness (QED) is 0.0939. The summed E-state index contributed by atoms with van der Waals surface area (Å²) >= 11 is 2.29. The number of carbonyl (C=O) groups excluding carboxylic acids is 1. The summed E-state index contributed by atoms with van der Waals surface area (Å²) in [6.07, 6.45) is 1.80. The number of aliphatic hydroxyl groups is 3. The van der Waals surface area contributed by atoms with Gasteiger partial charge in [0.1, 0.15) is 30.5 Å². The molecule has 0 saturated carbocycles. The van der Waals surface area contributed by atoms with E-state index in [1.807, 2.05) is 0 Å². The van der Waals surface area contributed by atoms with Gasteiger partial charge in [0.15, 0.2) is 23.1 Å². The van der Waals surface area contributed by atoms with E-state index in [0.717, 1.165) is 36.8 Å². The molecule has 76 heavy (non-hydrogen) atoms. The van der Waals surface area contributed by atoms with Gasteiger partial charge in [-0.15, -0.1) is 0 Å². The number of rotatable bonds is 1. The number of alkyl halides is 1. The van der Waals surface area contributed by atoms with E-state index in [9.17, 15) is 20.1 Å². The van der Waals surface area contributed by atoms with E-state index in [1.165, 1.54) is 0 Å². The van der Waals surface area contributed by atoms with Crippen LogP contribution in [-0.2, 0) is 71.1 Å². The van der Waals surface area contributed by atoms with Crippen molar-refractivity contribution in [2.75, 3.05) is 6.54 Å². The van der Waals surface area contributed by atoms with Gasteiger partial charge in [-0.05, 0) is 74.3 Å². The topological polar surface area (TPSA) is 233 Å². The lowest BCUT2D eigenvalue weighted by Gasteiger charge is -2.53. The molecule has 0 aromatic heterocycles. The van der Waals surface area contributed by atoms with Crippen LogP contribution in [0, 0.1) is 11.8 Å². The minimum atomic E-state index is -2.15. The van der Waals surface area contributed by atoms with E-state index in [2.05, 4.69) is 49.6 Å². The summed E-state index contributed by atoms with van der Waals surface area (Å²) in [5.41, 5.74) is 7.98. The Balaban J connectivity index is 0.686. The highest BCUT2D eigenvalue weighted by atomic mass is 127. The Hall–Kier alpha value is -1.00. The first-order valence-corrected chi connectivity index (χ1v) is 30.3. The third kappa shape index (κ3) is 9.46. The molecule has 0 radical (unpaired) electrons. The summed E-state index contributed by atoms with van der Waals surface area (Å²) in [4.78, 5) is 14.4. The standard InChI is InChI=1S/C56H80INO18/c1-25-13-29-5-7-33-26(2)14-31(63-33)9-11-54-24-56(61,62)52(76-54)51-47(57)50(75-54)49-35(69-51)8-6-30(65-49)15-46(60)68-40-18-38-39(66-37(40)17-36(64-29)28(25)4)19-41-43(67-38)21-55(72-41)22-44-34(71-55)10-12-53(74-44)20-27(3)48-42(73-53)16-32(59)45(23-58)70-48/h25,27,29-45,47-52,59,61-62H,2,4-24,58H2,1,3H3/t25-,27+,29+,30-,31+,32-,33+,34+,35+,36-,37+,38?,39+,40-,41-,42+,43?,44+,45-,47+,48+,49+,50-,51-,52?,53+,54-,55-/m1/s1. The highest BCUT2D eigenvalue weighted by Gasteiger charge is 2.68. The number of halogens is 1. The van der Waals surface area contributed by atoms with Gasteiger partial charge in [0.2, 0.25) is 0 Å². The van der Waals surface area contributed by atoms with Crippen LogP contribution in [0.15, 0.2) is 24.3 Å². The van der Waals surface area contributed by atoms with Crippen molar-refractivity contribution in [2.24, 2.45) is 17.6 Å². The van der Waals surface area contributed by atoms with Crippen molar-refractivity contribution in [1.29, 1.82) is 0 Å². The minimum absolute atomic E-state index is 0.0275. The second kappa shape index (κ2) is 19.8. The van der Waals surface area contributed by atoms with Crippen molar-refractivity contribution >= 4 is 28.6 Å². The molecule has 14 saturated heterocycles. The van der Waals surface area contributed by atoms with Gasteiger partial charge in [-0.1, -0.05) is 49.6 Å². The van der Waals surface area contributed by atoms with Crippen molar-refractivity contribution in [3.05, 3.63) is 24.3 Å². The molecule has 14 aliphatic heterocycles. The first kappa shape index (κ1) is 53.0. The molecule has 14 heterocycles. The summed E-state index contributed by atoms with van der Waals surface area (Å²) in [7, 11) is 0. The van der Waals surface area contributed by atoms with Crippen LogP contribution in [0.5, 0.6) is 0 Å². The molecule has 19 nitrogen and oxygen atoms in total. The monoisotopic (exact) mass is 1180 g/mol. The molecular weight excluding hydrogens is 1100 g/mol. The molecule has 10 bridgehead atoms. The zero-order valence-electron chi connectivity index (χ0n) is 43.9. The molecule has 5 N–H and O–H groups in total. The molecule has 0 aromatic carbocycles. The molecule has 0 aromatic rings. The number of aliphatic hydroxyl groups excluding tert-OH is 1. The van der Waals surface area contributed by atoms with Crippen LogP contribution in [0.2, 0.25) is 0 Å². The molecule has 3 spiro atoms. The first-order chi connectivity index (χ1) is 36.4. The predicted octanol–water partition coefficient (Wildman–Crippen LogP) is 4.37. The van der Waals surface area contributed by atoms with Crippen LogP contribution in [-0.4, -0.2) is 189 Å². The summed E-state index contributed by atoms with van der Waals surface area (Å²) < 4.78 is 94.8. The van der Waals surface area contributed by atoms with Gasteiger partial charge in [0.25, 0.3) is 0 Å². The first-order valence-electron chi connectivity index (χ1n) is 29.1. The zero-order chi connectivity index (χ0) is 52.2. The van der Waals surface area contributed by atoms with Crippen LogP contribution in [0.3, 0.4) is 0 Å². The fraction of sp³-hybridized carbons (Fsp3) is 0.911. The maximum atomic E-state index is 14.4. The summed E-state index contributed by atoms with van der Waals surface area (Å²) in [5, 5.41) is 33.7.